The first-order valence-corrected chi connectivity index (χ1v) is 11.1. The van der Waals surface area contributed by atoms with Gasteiger partial charge in [-0.3, -0.25) is 10.00 Å². The Balaban J connectivity index is 1.32. The van der Waals surface area contributed by atoms with E-state index >= 15 is 0 Å². The van der Waals surface area contributed by atoms with Crippen molar-refractivity contribution >= 4 is 56.6 Å². The normalized spacial score (nSPS) is 10.7. The molecule has 4 aromatic rings. The van der Waals surface area contributed by atoms with Crippen LogP contribution < -0.4 is 21.7 Å². The predicted molar refractivity (Wildman–Crippen MR) is 127 cm³/mol. The number of urea groups is 1. The number of rotatable bonds is 8. The molecule has 0 atom stereocenters. The monoisotopic (exact) mass is 482 g/mol. The van der Waals surface area contributed by atoms with Crippen molar-refractivity contribution in [2.24, 2.45) is 5.73 Å². The molecule has 11 nitrogen and oxygen atoms in total. The van der Waals surface area contributed by atoms with Crippen molar-refractivity contribution in [1.29, 1.82) is 5.26 Å². The summed E-state index contributed by atoms with van der Waals surface area (Å²) in [6.07, 6.45) is 5.58. The molecule has 0 bridgehead atoms. The number of nitrogens with zero attached hydrogens (tertiary/aromatic N) is 6. The van der Waals surface area contributed by atoms with E-state index in [2.05, 4.69) is 36.0 Å². The van der Waals surface area contributed by atoms with E-state index in [4.69, 9.17) is 22.6 Å². The molecule has 0 aliphatic carbocycles. The summed E-state index contributed by atoms with van der Waals surface area (Å²) in [5.41, 5.74) is 8.03. The van der Waals surface area contributed by atoms with Gasteiger partial charge in [0.15, 0.2) is 10.9 Å². The maximum absolute atomic E-state index is 12.2. The Hall–Kier alpha value is -3.79. The second-order valence-corrected chi connectivity index (χ2v) is 8.33. The van der Waals surface area contributed by atoms with Crippen LogP contribution in [0.15, 0.2) is 36.9 Å². The lowest BCUT2D eigenvalue weighted by molar-refractivity contribution is 0.262. The summed E-state index contributed by atoms with van der Waals surface area (Å²) in [5, 5.41) is 22.6. The average Bonchev–Trinajstić information content (AvgIpc) is 3.41. The summed E-state index contributed by atoms with van der Waals surface area (Å²) in [6.45, 7) is 1.65. The number of amides is 2. The molecule has 168 valence electrons. The van der Waals surface area contributed by atoms with Crippen LogP contribution in [0, 0.1) is 11.3 Å². The molecule has 0 aliphatic heterocycles. The number of anilines is 3. The lowest BCUT2D eigenvalue weighted by atomic mass is 10.2. The van der Waals surface area contributed by atoms with Gasteiger partial charge in [-0.25, -0.2) is 19.7 Å². The number of aromatic nitrogens is 5. The number of halogens is 1. The molecule has 5 N–H and O–H groups in total. The molecule has 1 aromatic carbocycles. The van der Waals surface area contributed by atoms with Gasteiger partial charge < -0.3 is 16.4 Å². The second kappa shape index (κ2) is 10.2. The molecule has 13 heteroatoms. The molecule has 2 amide bonds. The van der Waals surface area contributed by atoms with E-state index in [9.17, 15) is 4.79 Å². The van der Waals surface area contributed by atoms with Gasteiger partial charge in [0, 0.05) is 36.3 Å². The Morgan fingerprint density at radius 1 is 1.24 bits per heavy atom. The van der Waals surface area contributed by atoms with Crippen LogP contribution in [-0.2, 0) is 13.0 Å². The SMILES string of the molecule is N#Cc1ccc(NC(=O)Nc2ncc(CCNc3ncnc4cnn(CCN)c34)s2)cc1Cl. The molecular formula is C20H19ClN10OS. The van der Waals surface area contributed by atoms with Gasteiger partial charge in [-0.15, -0.1) is 11.3 Å². The molecule has 3 heterocycles. The van der Waals surface area contributed by atoms with Gasteiger partial charge in [-0.1, -0.05) is 11.6 Å². The van der Waals surface area contributed by atoms with Crippen LogP contribution in [0.4, 0.5) is 21.4 Å². The van der Waals surface area contributed by atoms with Gasteiger partial charge in [0.05, 0.1) is 23.3 Å². The molecule has 0 saturated heterocycles. The summed E-state index contributed by atoms with van der Waals surface area (Å²) in [7, 11) is 0. The number of fused-ring (bicyclic) bond motifs is 1. The molecule has 0 unspecified atom stereocenters. The van der Waals surface area contributed by atoms with Crippen molar-refractivity contribution in [3.63, 3.8) is 0 Å². The quantitative estimate of drug-likeness (QED) is 0.298. The number of nitriles is 1. The molecule has 0 saturated carbocycles. The van der Waals surface area contributed by atoms with Gasteiger partial charge in [0.2, 0.25) is 0 Å². The molecule has 0 fully saturated rings. The van der Waals surface area contributed by atoms with Crippen LogP contribution in [0.3, 0.4) is 0 Å². The number of carbonyl (C=O) groups excluding carboxylic acids is 1. The largest absolute Gasteiger partial charge is 0.368 e. The van der Waals surface area contributed by atoms with Gasteiger partial charge in [0.1, 0.15) is 23.4 Å². The minimum atomic E-state index is -0.452. The molecule has 0 spiro atoms. The topological polar surface area (TPSA) is 159 Å². The first kappa shape index (κ1) is 22.4. The van der Waals surface area contributed by atoms with Crippen molar-refractivity contribution in [3.8, 4) is 6.07 Å². The van der Waals surface area contributed by atoms with Crippen molar-refractivity contribution in [2.75, 3.05) is 29.0 Å². The number of carbonyl (C=O) groups is 1. The van der Waals surface area contributed by atoms with E-state index in [0.29, 0.717) is 48.3 Å². The Labute approximate surface area is 197 Å². The summed E-state index contributed by atoms with van der Waals surface area (Å²) in [5.74, 6) is 0.689. The second-order valence-electron chi connectivity index (χ2n) is 6.81. The van der Waals surface area contributed by atoms with Gasteiger partial charge in [-0.2, -0.15) is 10.4 Å². The zero-order valence-corrected chi connectivity index (χ0v) is 18.8. The third-order valence-corrected chi connectivity index (χ3v) is 5.84. The van der Waals surface area contributed by atoms with Crippen LogP contribution in [0.1, 0.15) is 10.4 Å². The number of benzene rings is 1. The highest BCUT2D eigenvalue weighted by Gasteiger charge is 2.11. The summed E-state index contributed by atoms with van der Waals surface area (Å²) >= 11 is 7.36. The lowest BCUT2D eigenvalue weighted by Crippen LogP contribution is -2.19. The van der Waals surface area contributed by atoms with Crippen molar-refractivity contribution in [2.45, 2.75) is 13.0 Å². The van der Waals surface area contributed by atoms with Crippen molar-refractivity contribution in [3.05, 3.63) is 52.4 Å². The Kier molecular flexibility index (Phi) is 6.94. The highest BCUT2D eigenvalue weighted by Crippen LogP contribution is 2.23. The molecule has 3 aromatic heterocycles. The standard InChI is InChI=1S/C20H19ClN10OS/c21-15-7-13(2-1-12(15)8-23)29-19(32)30-20-25-9-14(33-20)3-5-24-18-17-16(26-11-27-18)10-28-31(17)6-4-22/h1-2,7,9-11H,3-6,22H2,(H,24,26,27)(H2,25,29,30,32). The van der Waals surface area contributed by atoms with Crippen molar-refractivity contribution in [1.82, 2.24) is 24.7 Å². The first-order chi connectivity index (χ1) is 16.1. The minimum Gasteiger partial charge on any atom is -0.368 e. The molecule has 0 aliphatic rings. The third kappa shape index (κ3) is 5.35. The maximum atomic E-state index is 12.2. The lowest BCUT2D eigenvalue weighted by Gasteiger charge is -2.08. The molecule has 4 rings (SSSR count). The van der Waals surface area contributed by atoms with Crippen molar-refractivity contribution < 1.29 is 4.79 Å². The minimum absolute atomic E-state index is 0.270. The van der Waals surface area contributed by atoms with Crippen LogP contribution >= 0.6 is 22.9 Å². The fourth-order valence-corrected chi connectivity index (χ4v) is 4.10. The van der Waals surface area contributed by atoms with Crippen LogP contribution in [0.5, 0.6) is 0 Å². The van der Waals surface area contributed by atoms with Gasteiger partial charge >= 0.3 is 6.03 Å². The van der Waals surface area contributed by atoms with Crippen LogP contribution in [-0.4, -0.2) is 43.9 Å². The van der Waals surface area contributed by atoms with E-state index in [0.717, 1.165) is 15.9 Å². The van der Waals surface area contributed by atoms with Gasteiger partial charge in [-0.05, 0) is 18.2 Å². The number of hydrogen-bond acceptors (Lipinski definition) is 9. The number of nitrogens with two attached hydrogens (primary N) is 1. The number of nitrogens with one attached hydrogen (secondary N) is 3. The highest BCUT2D eigenvalue weighted by atomic mass is 35.5. The average molecular weight is 483 g/mol. The number of hydrogen-bond donors (Lipinski definition) is 4. The smallest absolute Gasteiger partial charge is 0.325 e. The number of thiazole rings is 1. The Bertz CT molecular complexity index is 1330. The van der Waals surface area contributed by atoms with E-state index in [1.807, 2.05) is 6.07 Å². The Morgan fingerprint density at radius 3 is 2.91 bits per heavy atom. The molecular weight excluding hydrogens is 464 g/mol. The summed E-state index contributed by atoms with van der Waals surface area (Å²) in [6, 6.07) is 6.18. The highest BCUT2D eigenvalue weighted by molar-refractivity contribution is 7.15. The molecule has 33 heavy (non-hydrogen) atoms. The summed E-state index contributed by atoms with van der Waals surface area (Å²) < 4.78 is 1.78. The zero-order chi connectivity index (χ0) is 23.2. The summed E-state index contributed by atoms with van der Waals surface area (Å²) in [4.78, 5) is 26.0. The molecule has 0 radical (unpaired) electrons. The van der Waals surface area contributed by atoms with E-state index in [1.54, 1.807) is 29.2 Å². The zero-order valence-electron chi connectivity index (χ0n) is 17.2. The van der Waals surface area contributed by atoms with Crippen LogP contribution in [0.25, 0.3) is 11.0 Å². The predicted octanol–water partition coefficient (Wildman–Crippen LogP) is 3.07. The van der Waals surface area contributed by atoms with E-state index in [1.165, 1.54) is 23.7 Å². The first-order valence-electron chi connectivity index (χ1n) is 9.90. The van der Waals surface area contributed by atoms with E-state index < -0.39 is 6.03 Å². The van der Waals surface area contributed by atoms with Crippen LogP contribution in [0.2, 0.25) is 5.02 Å². The Morgan fingerprint density at radius 2 is 2.12 bits per heavy atom. The third-order valence-electron chi connectivity index (χ3n) is 4.55. The fourth-order valence-electron chi connectivity index (χ4n) is 3.07. The van der Waals surface area contributed by atoms with E-state index in [-0.39, 0.29) is 5.02 Å². The fraction of sp³-hybridized carbons (Fsp3) is 0.200. The maximum Gasteiger partial charge on any atom is 0.325 e. The van der Waals surface area contributed by atoms with Gasteiger partial charge in [0.25, 0.3) is 0 Å².